The Balaban J connectivity index is 0.000000204. The van der Waals surface area contributed by atoms with Crippen LogP contribution < -0.4 is 0 Å². The quantitative estimate of drug-likeness (QED) is 0.112. The van der Waals surface area contributed by atoms with Crippen LogP contribution in [0, 0.1) is 30.1 Å². The molecule has 7 rings (SSSR count). The second-order valence-electron chi connectivity index (χ2n) is 13.5. The molecule has 0 atom stereocenters. The lowest BCUT2D eigenvalue weighted by atomic mass is 9.48. The predicted octanol–water partition coefficient (Wildman–Crippen LogP) is 10.0. The van der Waals surface area contributed by atoms with Crippen LogP contribution in [-0.2, 0) is 25.7 Å². The Morgan fingerprint density at radius 2 is 1.10 bits per heavy atom. The van der Waals surface area contributed by atoms with Gasteiger partial charge in [-0.25, -0.2) is 13.2 Å². The van der Waals surface area contributed by atoms with Crippen LogP contribution in [0.5, 0.6) is 0 Å². The highest BCUT2D eigenvalue weighted by molar-refractivity contribution is 7.97. The highest BCUT2D eigenvalue weighted by Crippen LogP contribution is 2.62. The number of benzene rings is 3. The van der Waals surface area contributed by atoms with Crippen molar-refractivity contribution in [3.05, 3.63) is 90.5 Å². The van der Waals surface area contributed by atoms with E-state index in [2.05, 4.69) is 96.6 Å². The van der Waals surface area contributed by atoms with E-state index in [1.54, 1.807) is 0 Å². The van der Waals surface area contributed by atoms with Crippen LogP contribution in [-0.4, -0.2) is 36.4 Å². The first-order valence-electron chi connectivity index (χ1n) is 15.8. The van der Waals surface area contributed by atoms with Crippen LogP contribution in [0.15, 0.2) is 99.6 Å². The molecule has 0 unspecified atom stereocenters. The van der Waals surface area contributed by atoms with E-state index in [0.717, 1.165) is 19.3 Å². The Hall–Kier alpha value is -2.68. The zero-order valence-corrected chi connectivity index (χ0v) is 28.1. The summed E-state index contributed by atoms with van der Waals surface area (Å²) in [5, 5.41) is -6.65. The molecule has 4 aliphatic rings. The third kappa shape index (κ3) is 8.12. The highest BCUT2D eigenvalue weighted by Gasteiger charge is 2.71. The molecule has 0 heterocycles. The molecular weight excluding hydrogens is 700 g/mol. The first-order chi connectivity index (χ1) is 22.7. The van der Waals surface area contributed by atoms with Crippen molar-refractivity contribution in [2.45, 2.75) is 96.4 Å². The van der Waals surface area contributed by atoms with Crippen molar-refractivity contribution in [3.8, 4) is 0 Å². The molecule has 4 saturated carbocycles. The van der Waals surface area contributed by atoms with E-state index in [9.17, 15) is 48.1 Å². The molecule has 0 N–H and O–H groups in total. The number of halogens is 8. The van der Waals surface area contributed by atoms with Gasteiger partial charge in [-0.2, -0.15) is 35.1 Å². The van der Waals surface area contributed by atoms with Crippen LogP contribution in [0.25, 0.3) is 0 Å². The molecule has 0 aromatic heterocycles. The van der Waals surface area contributed by atoms with E-state index in [4.69, 9.17) is 0 Å². The van der Waals surface area contributed by atoms with E-state index in [0.29, 0.717) is 37.0 Å². The smallest absolute Gasteiger partial charge is 0.438 e. The van der Waals surface area contributed by atoms with Gasteiger partial charge in [0.2, 0.25) is 0 Å². The minimum Gasteiger partial charge on any atom is -0.743 e. The minimum atomic E-state index is -7.16. The molecular formula is C35H36F8O4S2. The van der Waals surface area contributed by atoms with E-state index in [1.807, 2.05) is 0 Å². The summed E-state index contributed by atoms with van der Waals surface area (Å²) < 4.78 is 141. The third-order valence-electron chi connectivity index (χ3n) is 9.68. The van der Waals surface area contributed by atoms with Crippen LogP contribution in [0.2, 0.25) is 0 Å². The maximum Gasteiger partial charge on any atom is 0.438 e. The van der Waals surface area contributed by atoms with Gasteiger partial charge in [0.05, 0.1) is 10.9 Å². The third-order valence-corrected chi connectivity index (χ3v) is 12.8. The molecule has 0 spiro atoms. The van der Waals surface area contributed by atoms with Crippen molar-refractivity contribution in [2.75, 3.05) is 0 Å². The molecule has 0 amide bonds. The second-order valence-corrected chi connectivity index (χ2v) is 16.9. The molecule has 4 nitrogen and oxygen atoms in total. The summed E-state index contributed by atoms with van der Waals surface area (Å²) in [6.07, 6.45) is -10.3. The van der Waals surface area contributed by atoms with Crippen LogP contribution in [0.3, 0.4) is 0 Å². The van der Waals surface area contributed by atoms with Crippen LogP contribution in [0.1, 0.15) is 56.9 Å². The van der Waals surface area contributed by atoms with Gasteiger partial charge in [-0.05, 0) is 111 Å². The number of hydrogen-bond donors (Lipinski definition) is 0. The van der Waals surface area contributed by atoms with Gasteiger partial charge in [0.25, 0.3) is 0 Å². The SMILES string of the molecule is Cc1ccc([S+](c2ccccc2)c2ccccc2)cc1.O=S(=O)([O-])C(F)(F)C(F)(F)OC(F)(F)C(F)(F)CCC12CC3CC(CC(C3)C1)C2. The van der Waals surface area contributed by atoms with Crippen molar-refractivity contribution in [1.29, 1.82) is 0 Å². The molecule has 14 heteroatoms. The fourth-order valence-corrected chi connectivity index (χ4v) is 10.2. The lowest BCUT2D eigenvalue weighted by Gasteiger charge is -2.57. The van der Waals surface area contributed by atoms with Gasteiger partial charge in [-0.1, -0.05) is 54.1 Å². The molecule has 3 aromatic rings. The largest absolute Gasteiger partial charge is 0.743 e. The first kappa shape index (κ1) is 37.6. The van der Waals surface area contributed by atoms with Gasteiger partial charge in [-0.3, -0.25) is 0 Å². The Bertz CT molecular complexity index is 1600. The summed E-state index contributed by atoms with van der Waals surface area (Å²) in [5.41, 5.74) is 0.678. The van der Waals surface area contributed by atoms with Gasteiger partial charge in [0.15, 0.2) is 24.8 Å². The summed E-state index contributed by atoms with van der Waals surface area (Å²) >= 11 is 0. The second kappa shape index (κ2) is 13.8. The van der Waals surface area contributed by atoms with Crippen molar-refractivity contribution in [2.24, 2.45) is 23.2 Å². The first-order valence-corrected chi connectivity index (χ1v) is 18.5. The van der Waals surface area contributed by atoms with Crippen molar-refractivity contribution >= 4 is 21.0 Å². The number of hydrogen-bond acceptors (Lipinski definition) is 4. The van der Waals surface area contributed by atoms with Crippen LogP contribution in [0.4, 0.5) is 35.1 Å². The van der Waals surface area contributed by atoms with Crippen molar-refractivity contribution in [3.63, 3.8) is 0 Å². The molecule has 4 aliphatic carbocycles. The minimum absolute atomic E-state index is 0.0229. The molecule has 49 heavy (non-hydrogen) atoms. The van der Waals surface area contributed by atoms with E-state index in [-0.39, 0.29) is 10.9 Å². The fourth-order valence-electron chi connectivity index (χ4n) is 7.80. The molecule has 3 aromatic carbocycles. The Morgan fingerprint density at radius 1 is 0.694 bits per heavy atom. The summed E-state index contributed by atoms with van der Waals surface area (Å²) in [6.45, 7) is 2.13. The predicted molar refractivity (Wildman–Crippen MR) is 167 cm³/mol. The lowest BCUT2D eigenvalue weighted by Crippen LogP contribution is -2.56. The van der Waals surface area contributed by atoms with Gasteiger partial charge >= 0.3 is 23.4 Å². The Kier molecular flexibility index (Phi) is 10.6. The Morgan fingerprint density at radius 3 is 1.51 bits per heavy atom. The summed E-state index contributed by atoms with van der Waals surface area (Å²) in [7, 11) is -7.18. The molecule has 0 radical (unpaired) electrons. The molecule has 0 aliphatic heterocycles. The van der Waals surface area contributed by atoms with E-state index in [1.165, 1.54) is 20.2 Å². The topological polar surface area (TPSA) is 66.4 Å². The Labute approximate surface area is 283 Å². The van der Waals surface area contributed by atoms with Crippen molar-refractivity contribution < 1.29 is 52.8 Å². The molecule has 4 fully saturated rings. The molecule has 0 saturated heterocycles. The van der Waals surface area contributed by atoms with Crippen LogP contribution >= 0.6 is 0 Å². The number of ether oxygens (including phenoxy) is 1. The van der Waals surface area contributed by atoms with Crippen molar-refractivity contribution in [1.82, 2.24) is 0 Å². The van der Waals surface area contributed by atoms with Gasteiger partial charge in [-0.15, -0.1) is 0 Å². The molecule has 4 bridgehead atoms. The van der Waals surface area contributed by atoms with Gasteiger partial charge in [0.1, 0.15) is 0 Å². The number of aryl methyl sites for hydroxylation is 1. The zero-order chi connectivity index (χ0) is 35.9. The standard InChI is InChI=1S/C19H17S.C16H20F8O4S/c1-16-12-14-19(15-13-16)20(17-8-4-2-5-9-17)18-10-6-3-7-11-18;17-13(18,14(19,20)28-15(21,22)16(23,24)29(25,26)27)2-1-12-6-9-3-10(7-12)5-11(4-9)8-12/h2-15H,1H3;9-11H,1-8H2,(H,25,26,27)/q+1;/p-1. The van der Waals surface area contributed by atoms with E-state index < -0.39 is 51.8 Å². The monoisotopic (exact) mass is 736 g/mol. The van der Waals surface area contributed by atoms with Gasteiger partial charge < -0.3 is 4.55 Å². The maximum absolute atomic E-state index is 14.0. The number of alkyl halides is 8. The van der Waals surface area contributed by atoms with E-state index >= 15 is 0 Å². The molecule has 268 valence electrons. The normalized spacial score (nSPS) is 24.1. The lowest BCUT2D eigenvalue weighted by molar-refractivity contribution is -0.457. The van der Waals surface area contributed by atoms with Gasteiger partial charge in [0, 0.05) is 6.42 Å². The summed E-state index contributed by atoms with van der Waals surface area (Å²) in [5.74, 6) is -4.37. The highest BCUT2D eigenvalue weighted by atomic mass is 32.2. The zero-order valence-electron chi connectivity index (χ0n) is 26.4. The maximum atomic E-state index is 14.0. The summed E-state index contributed by atoms with van der Waals surface area (Å²) in [6, 6.07) is 30.4. The average molecular weight is 737 g/mol. The summed E-state index contributed by atoms with van der Waals surface area (Å²) in [4.78, 5) is 4.10. The average Bonchev–Trinajstić information content (AvgIpc) is 3.01. The fraction of sp³-hybridized carbons (Fsp3) is 0.486. The number of rotatable bonds is 11.